The summed E-state index contributed by atoms with van der Waals surface area (Å²) in [5, 5.41) is 0. The van der Waals surface area contributed by atoms with Gasteiger partial charge in [-0.2, -0.15) is 21.6 Å². The lowest BCUT2D eigenvalue weighted by Crippen LogP contribution is -2.40. The highest BCUT2D eigenvalue weighted by Crippen LogP contribution is 2.48. The Morgan fingerprint density at radius 2 is 1.62 bits per heavy atom. The molecule has 3 aromatic rings. The lowest BCUT2D eigenvalue weighted by molar-refractivity contribution is -0.171. The van der Waals surface area contributed by atoms with Crippen LogP contribution in [0.15, 0.2) is 42.5 Å². The number of nitrogens with zero attached hydrogens (tertiary/aromatic N) is 2. The van der Waals surface area contributed by atoms with E-state index in [1.54, 1.807) is 51.7 Å². The largest absolute Gasteiger partial charge is 0.534 e. The van der Waals surface area contributed by atoms with Gasteiger partial charge in [0, 0.05) is 30.8 Å². The number of hydrogen-bond donors (Lipinski definition) is 0. The van der Waals surface area contributed by atoms with E-state index >= 15 is 4.39 Å². The average molecular weight is 757 g/mol. The summed E-state index contributed by atoms with van der Waals surface area (Å²) in [6.45, 7) is 14.6. The molecule has 1 aliphatic heterocycles. The molecule has 52 heavy (non-hydrogen) atoms. The van der Waals surface area contributed by atoms with Crippen LogP contribution < -0.4 is 13.8 Å². The molecule has 0 unspecified atom stereocenters. The number of ether oxygens (including phenoxy) is 3. The molecule has 2 aromatic carbocycles. The van der Waals surface area contributed by atoms with E-state index in [9.17, 15) is 30.8 Å². The maximum absolute atomic E-state index is 15.8. The topological polar surface area (TPSA) is 104 Å². The summed E-state index contributed by atoms with van der Waals surface area (Å²) in [4.78, 5) is 19.8. The van der Waals surface area contributed by atoms with Crippen LogP contribution in [0.1, 0.15) is 84.2 Å². The van der Waals surface area contributed by atoms with Crippen molar-refractivity contribution in [2.45, 2.75) is 98.0 Å². The molecule has 0 spiro atoms. The van der Waals surface area contributed by atoms with Gasteiger partial charge in [-0.15, -0.1) is 0 Å². The Morgan fingerprint density at radius 1 is 1.00 bits per heavy atom. The van der Waals surface area contributed by atoms with Crippen molar-refractivity contribution >= 4 is 21.8 Å². The summed E-state index contributed by atoms with van der Waals surface area (Å²) in [5.74, 6) is -3.31. The fourth-order valence-electron chi connectivity index (χ4n) is 5.70. The molecule has 0 saturated carbocycles. The van der Waals surface area contributed by atoms with Crippen LogP contribution >= 0.6 is 0 Å². The second-order valence-corrected chi connectivity index (χ2v) is 16.3. The third-order valence-electron chi connectivity index (χ3n) is 8.35. The number of rotatable bonds is 12. The Morgan fingerprint density at radius 3 is 2.15 bits per heavy atom. The zero-order chi connectivity index (χ0) is 38.8. The van der Waals surface area contributed by atoms with Crippen molar-refractivity contribution in [1.82, 2.24) is 4.98 Å². The van der Waals surface area contributed by atoms with Crippen LogP contribution in [0.3, 0.4) is 0 Å². The summed E-state index contributed by atoms with van der Waals surface area (Å²) in [6, 6.07) is 9.25. The monoisotopic (exact) mass is 756 g/mol. The molecular weight excluding hydrogens is 711 g/mol. The fraction of sp³-hybridized carbons (Fsp3) is 0.514. The van der Waals surface area contributed by atoms with E-state index in [2.05, 4.69) is 18.8 Å². The SMILES string of the molecule is Cc1nc(OS(=O)(=O)C(F)(F)F)c(-c2ccc(OCCc3ccc(F)cc3)c(F)c2)c(N2CCC(C)(C)CC2)c1[C@H](OC(C)(C)C)C(=O)OC(C)C. The molecule has 2 heterocycles. The number of halogens is 5. The van der Waals surface area contributed by atoms with Gasteiger partial charge in [-0.1, -0.05) is 32.0 Å². The minimum atomic E-state index is -6.26. The van der Waals surface area contributed by atoms with E-state index in [1.165, 1.54) is 31.2 Å². The van der Waals surface area contributed by atoms with Crippen LogP contribution in [0.2, 0.25) is 0 Å². The zero-order valence-electron chi connectivity index (χ0n) is 30.5. The van der Waals surface area contributed by atoms with Crippen molar-refractivity contribution in [1.29, 1.82) is 0 Å². The summed E-state index contributed by atoms with van der Waals surface area (Å²) in [7, 11) is -6.26. The number of carbonyl (C=O) groups excluding carboxylic acids is 1. The number of aryl methyl sites for hydroxylation is 1. The minimum absolute atomic E-state index is 0.00885. The number of esters is 1. The van der Waals surface area contributed by atoms with Gasteiger partial charge >= 0.3 is 21.6 Å². The average Bonchev–Trinajstić information content (AvgIpc) is 3.00. The molecular formula is C37H45F5N2O7S. The summed E-state index contributed by atoms with van der Waals surface area (Å²) in [6.07, 6.45) is -0.515. The van der Waals surface area contributed by atoms with Gasteiger partial charge in [-0.05, 0) is 95.2 Å². The van der Waals surface area contributed by atoms with E-state index in [1.807, 2.05) is 0 Å². The van der Waals surface area contributed by atoms with E-state index in [4.69, 9.17) is 18.4 Å². The number of benzene rings is 2. The fourth-order valence-corrected chi connectivity index (χ4v) is 6.12. The van der Waals surface area contributed by atoms with Crippen molar-refractivity contribution in [2.24, 2.45) is 5.41 Å². The number of anilines is 1. The van der Waals surface area contributed by atoms with E-state index in [0.29, 0.717) is 32.4 Å². The molecule has 0 aliphatic carbocycles. The van der Waals surface area contributed by atoms with Crippen LogP contribution in [0.5, 0.6) is 11.6 Å². The van der Waals surface area contributed by atoms with Crippen molar-refractivity contribution in [3.63, 3.8) is 0 Å². The summed E-state index contributed by atoms with van der Waals surface area (Å²) >= 11 is 0. The number of hydrogen-bond acceptors (Lipinski definition) is 9. The van der Waals surface area contributed by atoms with Crippen LogP contribution in [-0.4, -0.2) is 56.3 Å². The maximum Gasteiger partial charge on any atom is 0.534 e. The van der Waals surface area contributed by atoms with Crippen LogP contribution in [0, 0.1) is 24.0 Å². The molecule has 4 rings (SSSR count). The Labute approximate surface area is 301 Å². The van der Waals surface area contributed by atoms with Gasteiger partial charge in [0.2, 0.25) is 5.88 Å². The van der Waals surface area contributed by atoms with E-state index < -0.39 is 56.9 Å². The van der Waals surface area contributed by atoms with E-state index in [-0.39, 0.29) is 45.8 Å². The van der Waals surface area contributed by atoms with Gasteiger partial charge in [0.1, 0.15) is 5.82 Å². The second kappa shape index (κ2) is 15.6. The number of piperidine rings is 1. The molecule has 0 bridgehead atoms. The first-order valence-electron chi connectivity index (χ1n) is 16.8. The lowest BCUT2D eigenvalue weighted by atomic mass is 9.82. The Bertz CT molecular complexity index is 1850. The smallest absolute Gasteiger partial charge is 0.490 e. The standard InChI is InChI=1S/C37H45F5N2O7S/c1-22(2)49-34(45)32(50-35(4,5)6)29-23(3)43-33(51-52(46,47)37(40,41)42)30(31(29)44-18-16-36(7,8)17-19-44)25-11-14-28(27(39)21-25)48-20-15-24-9-12-26(38)13-10-24/h9-14,21-22,32H,15-20H2,1-8H3/t32-/m0/s1. The van der Waals surface area contributed by atoms with Crippen LogP contribution in [0.4, 0.5) is 27.6 Å². The second-order valence-electron chi connectivity index (χ2n) is 14.7. The highest BCUT2D eigenvalue weighted by molar-refractivity contribution is 7.88. The van der Waals surface area contributed by atoms with Gasteiger partial charge in [-0.3, -0.25) is 0 Å². The predicted octanol–water partition coefficient (Wildman–Crippen LogP) is 8.62. The Hall–Kier alpha value is -3.98. The number of aromatic nitrogens is 1. The molecule has 286 valence electrons. The quantitative estimate of drug-likeness (QED) is 0.0778. The van der Waals surface area contributed by atoms with Gasteiger partial charge in [0.05, 0.1) is 29.6 Å². The normalized spacial score (nSPS) is 15.8. The maximum atomic E-state index is 15.8. The summed E-state index contributed by atoms with van der Waals surface area (Å²) in [5.41, 5.74) is -6.42. The molecule has 1 saturated heterocycles. The third-order valence-corrected chi connectivity index (χ3v) is 9.30. The van der Waals surface area contributed by atoms with Crippen molar-refractivity contribution in [2.75, 3.05) is 24.6 Å². The van der Waals surface area contributed by atoms with Crippen molar-refractivity contribution < 1.29 is 53.6 Å². The third kappa shape index (κ3) is 10.1. The minimum Gasteiger partial charge on any atom is -0.490 e. The molecule has 1 fully saturated rings. The highest BCUT2D eigenvalue weighted by atomic mass is 32.2. The predicted molar refractivity (Wildman–Crippen MR) is 186 cm³/mol. The van der Waals surface area contributed by atoms with Crippen LogP contribution in [0.25, 0.3) is 11.1 Å². The molecule has 0 N–H and O–H groups in total. The summed E-state index contributed by atoms with van der Waals surface area (Å²) < 4.78 is 118. The van der Waals surface area contributed by atoms with Crippen LogP contribution in [-0.2, 0) is 30.8 Å². The molecule has 0 amide bonds. The first kappa shape index (κ1) is 40.8. The first-order valence-corrected chi connectivity index (χ1v) is 18.2. The van der Waals surface area contributed by atoms with Crippen molar-refractivity contribution in [3.05, 3.63) is 70.9 Å². The Kier molecular flexibility index (Phi) is 12.2. The highest BCUT2D eigenvalue weighted by Gasteiger charge is 2.50. The molecule has 1 aliphatic rings. The van der Waals surface area contributed by atoms with Gasteiger partial charge in [-0.25, -0.2) is 18.6 Å². The van der Waals surface area contributed by atoms with Gasteiger partial charge < -0.3 is 23.3 Å². The number of pyridine rings is 1. The van der Waals surface area contributed by atoms with Gasteiger partial charge in [0.25, 0.3) is 0 Å². The van der Waals surface area contributed by atoms with Gasteiger partial charge in [0.15, 0.2) is 17.7 Å². The van der Waals surface area contributed by atoms with E-state index in [0.717, 1.165) is 11.6 Å². The Balaban J connectivity index is 1.97. The number of alkyl halides is 3. The molecule has 9 nitrogen and oxygen atoms in total. The zero-order valence-corrected chi connectivity index (χ0v) is 31.3. The molecule has 1 atom stereocenters. The lowest BCUT2D eigenvalue weighted by Gasteiger charge is -2.41. The van der Waals surface area contributed by atoms with Crippen molar-refractivity contribution in [3.8, 4) is 22.8 Å². The first-order chi connectivity index (χ1) is 24.0. The molecule has 0 radical (unpaired) electrons. The molecule has 1 aromatic heterocycles. The molecule has 15 heteroatoms. The number of carbonyl (C=O) groups is 1.